The van der Waals surface area contributed by atoms with Crippen LogP contribution in [-0.4, -0.2) is 29.1 Å². The maximum Gasteiger partial charge on any atom is 0.337 e. The van der Waals surface area contributed by atoms with Crippen LogP contribution in [-0.2, 0) is 16.0 Å². The summed E-state index contributed by atoms with van der Waals surface area (Å²) in [6.45, 7) is 0. The SMILES string of the molecule is COC(=O)/C=C/c1ccc(Cc2cncc(C(=O)O)c2)cc1. The van der Waals surface area contributed by atoms with Gasteiger partial charge in [-0.15, -0.1) is 0 Å². The molecule has 1 aromatic carbocycles. The number of aromatic carboxylic acids is 1. The van der Waals surface area contributed by atoms with E-state index in [0.29, 0.717) is 6.42 Å². The van der Waals surface area contributed by atoms with Gasteiger partial charge in [0.15, 0.2) is 0 Å². The number of carboxylic acids is 1. The minimum absolute atomic E-state index is 0.176. The van der Waals surface area contributed by atoms with Gasteiger partial charge >= 0.3 is 11.9 Å². The molecule has 2 rings (SSSR count). The lowest BCUT2D eigenvalue weighted by Crippen LogP contribution is -1.99. The van der Waals surface area contributed by atoms with E-state index >= 15 is 0 Å². The van der Waals surface area contributed by atoms with Crippen molar-refractivity contribution >= 4 is 18.0 Å². The van der Waals surface area contributed by atoms with Crippen LogP contribution in [0, 0.1) is 0 Å². The van der Waals surface area contributed by atoms with Crippen LogP contribution in [0.15, 0.2) is 48.8 Å². The summed E-state index contributed by atoms with van der Waals surface area (Å²) in [6.07, 6.45) is 6.59. The van der Waals surface area contributed by atoms with Gasteiger partial charge in [0.1, 0.15) is 0 Å². The third-order valence-electron chi connectivity index (χ3n) is 3.04. The number of esters is 1. The molecule has 0 spiro atoms. The topological polar surface area (TPSA) is 76.5 Å². The number of aromatic nitrogens is 1. The first-order valence-corrected chi connectivity index (χ1v) is 6.60. The van der Waals surface area contributed by atoms with Crippen molar-refractivity contribution in [3.63, 3.8) is 0 Å². The molecule has 0 unspecified atom stereocenters. The highest BCUT2D eigenvalue weighted by Gasteiger charge is 2.04. The van der Waals surface area contributed by atoms with E-state index < -0.39 is 11.9 Å². The highest BCUT2D eigenvalue weighted by Crippen LogP contribution is 2.12. The maximum atomic E-state index is 11.0. The lowest BCUT2D eigenvalue weighted by Gasteiger charge is -2.03. The molecular weight excluding hydrogens is 282 g/mol. The number of hydrogen-bond donors (Lipinski definition) is 1. The fourth-order valence-electron chi connectivity index (χ4n) is 1.92. The zero-order valence-corrected chi connectivity index (χ0v) is 12.0. The lowest BCUT2D eigenvalue weighted by atomic mass is 10.0. The Morgan fingerprint density at radius 3 is 2.55 bits per heavy atom. The molecule has 0 atom stereocenters. The van der Waals surface area contributed by atoms with Crippen LogP contribution < -0.4 is 0 Å². The van der Waals surface area contributed by atoms with Gasteiger partial charge in [0, 0.05) is 18.5 Å². The predicted octanol–water partition coefficient (Wildman–Crippen LogP) is 2.56. The number of carbonyl (C=O) groups is 2. The summed E-state index contributed by atoms with van der Waals surface area (Å²) < 4.78 is 4.52. The second-order valence-corrected chi connectivity index (χ2v) is 4.66. The predicted molar refractivity (Wildman–Crippen MR) is 81.5 cm³/mol. The molecule has 2 aromatic rings. The van der Waals surface area contributed by atoms with Crippen molar-refractivity contribution in [3.05, 3.63) is 71.1 Å². The van der Waals surface area contributed by atoms with Crippen molar-refractivity contribution < 1.29 is 19.4 Å². The number of nitrogens with zero attached hydrogens (tertiary/aromatic N) is 1. The zero-order valence-electron chi connectivity index (χ0n) is 12.0. The normalized spacial score (nSPS) is 10.6. The van der Waals surface area contributed by atoms with E-state index in [-0.39, 0.29) is 5.56 Å². The molecule has 112 valence electrons. The van der Waals surface area contributed by atoms with Crippen LogP contribution in [0.4, 0.5) is 0 Å². The molecule has 0 aliphatic heterocycles. The molecule has 22 heavy (non-hydrogen) atoms. The van der Waals surface area contributed by atoms with E-state index in [9.17, 15) is 9.59 Å². The second kappa shape index (κ2) is 7.17. The van der Waals surface area contributed by atoms with Crippen LogP contribution in [0.1, 0.15) is 27.0 Å². The summed E-state index contributed by atoms with van der Waals surface area (Å²) in [6, 6.07) is 9.21. The van der Waals surface area contributed by atoms with E-state index in [1.54, 1.807) is 18.3 Å². The van der Waals surface area contributed by atoms with Gasteiger partial charge in [0.05, 0.1) is 12.7 Å². The minimum Gasteiger partial charge on any atom is -0.478 e. The molecule has 0 radical (unpaired) electrons. The molecule has 0 amide bonds. The quantitative estimate of drug-likeness (QED) is 0.678. The van der Waals surface area contributed by atoms with E-state index in [0.717, 1.165) is 16.7 Å². The third-order valence-corrected chi connectivity index (χ3v) is 3.04. The Labute approximate surface area is 127 Å². The van der Waals surface area contributed by atoms with E-state index in [2.05, 4.69) is 9.72 Å². The van der Waals surface area contributed by atoms with Crippen molar-refractivity contribution in [2.45, 2.75) is 6.42 Å². The number of benzene rings is 1. The average Bonchev–Trinajstić information content (AvgIpc) is 2.54. The van der Waals surface area contributed by atoms with Gasteiger partial charge in [0.2, 0.25) is 0 Å². The van der Waals surface area contributed by atoms with Gasteiger partial charge in [0.25, 0.3) is 0 Å². The Bertz CT molecular complexity index is 705. The molecule has 1 heterocycles. The van der Waals surface area contributed by atoms with E-state index in [4.69, 9.17) is 5.11 Å². The van der Waals surface area contributed by atoms with E-state index in [1.807, 2.05) is 24.3 Å². The number of carboxylic acid groups (broad SMARTS) is 1. The number of carbonyl (C=O) groups excluding carboxylic acids is 1. The second-order valence-electron chi connectivity index (χ2n) is 4.66. The highest BCUT2D eigenvalue weighted by molar-refractivity contribution is 5.87. The molecule has 1 aromatic heterocycles. The molecule has 5 heteroatoms. The first-order chi connectivity index (χ1) is 10.6. The Morgan fingerprint density at radius 2 is 1.91 bits per heavy atom. The first kappa shape index (κ1) is 15.4. The number of pyridine rings is 1. The first-order valence-electron chi connectivity index (χ1n) is 6.60. The van der Waals surface area contributed by atoms with Crippen LogP contribution in [0.5, 0.6) is 0 Å². The minimum atomic E-state index is -0.988. The van der Waals surface area contributed by atoms with Crippen LogP contribution >= 0.6 is 0 Å². The molecule has 1 N–H and O–H groups in total. The Morgan fingerprint density at radius 1 is 1.18 bits per heavy atom. The number of ether oxygens (including phenoxy) is 1. The summed E-state index contributed by atoms with van der Waals surface area (Å²) in [5.74, 6) is -1.39. The Balaban J connectivity index is 2.08. The van der Waals surface area contributed by atoms with Crippen molar-refractivity contribution in [2.24, 2.45) is 0 Å². The standard InChI is InChI=1S/C17H15NO4/c1-22-16(19)7-6-12-2-4-13(5-3-12)8-14-9-15(17(20)21)11-18-10-14/h2-7,9-11H,8H2,1H3,(H,20,21)/b7-6+. The highest BCUT2D eigenvalue weighted by atomic mass is 16.5. The third kappa shape index (κ3) is 4.28. The van der Waals surface area contributed by atoms with Gasteiger partial charge in [-0.05, 0) is 35.3 Å². The van der Waals surface area contributed by atoms with Gasteiger partial charge in [-0.25, -0.2) is 9.59 Å². The number of rotatable bonds is 5. The molecule has 5 nitrogen and oxygen atoms in total. The maximum absolute atomic E-state index is 11.0. The van der Waals surface area contributed by atoms with Crippen molar-refractivity contribution in [1.29, 1.82) is 0 Å². The van der Waals surface area contributed by atoms with Crippen LogP contribution in [0.2, 0.25) is 0 Å². The average molecular weight is 297 g/mol. The molecule has 0 fully saturated rings. The molecular formula is C17H15NO4. The van der Waals surface area contributed by atoms with Crippen LogP contribution in [0.25, 0.3) is 6.08 Å². The van der Waals surface area contributed by atoms with Crippen LogP contribution in [0.3, 0.4) is 0 Å². The van der Waals surface area contributed by atoms with Gasteiger partial charge in [-0.3, -0.25) is 4.98 Å². The molecule has 0 aliphatic carbocycles. The van der Waals surface area contributed by atoms with E-state index in [1.165, 1.54) is 19.4 Å². The number of methoxy groups -OCH3 is 1. The molecule has 0 saturated carbocycles. The fraction of sp³-hybridized carbons (Fsp3) is 0.118. The summed E-state index contributed by atoms with van der Waals surface area (Å²) in [7, 11) is 1.33. The van der Waals surface area contributed by atoms with Crippen molar-refractivity contribution in [2.75, 3.05) is 7.11 Å². The molecule has 0 aliphatic rings. The molecule has 0 saturated heterocycles. The van der Waals surface area contributed by atoms with Crippen molar-refractivity contribution in [3.8, 4) is 0 Å². The molecule has 0 bridgehead atoms. The van der Waals surface area contributed by atoms with Gasteiger partial charge in [-0.1, -0.05) is 24.3 Å². The van der Waals surface area contributed by atoms with Crippen molar-refractivity contribution in [1.82, 2.24) is 4.98 Å². The monoisotopic (exact) mass is 297 g/mol. The largest absolute Gasteiger partial charge is 0.478 e. The summed E-state index contributed by atoms with van der Waals surface area (Å²) >= 11 is 0. The summed E-state index contributed by atoms with van der Waals surface area (Å²) in [5, 5.41) is 8.95. The zero-order chi connectivity index (χ0) is 15.9. The lowest BCUT2D eigenvalue weighted by molar-refractivity contribution is -0.134. The smallest absolute Gasteiger partial charge is 0.337 e. The Kier molecular flexibility index (Phi) is 5.03. The number of hydrogen-bond acceptors (Lipinski definition) is 4. The Hall–Kier alpha value is -2.95. The van der Waals surface area contributed by atoms with Gasteiger partial charge < -0.3 is 9.84 Å². The van der Waals surface area contributed by atoms with Gasteiger partial charge in [-0.2, -0.15) is 0 Å². The summed E-state index contributed by atoms with van der Waals surface area (Å²) in [5.41, 5.74) is 2.92. The fourth-order valence-corrected chi connectivity index (χ4v) is 1.92. The summed E-state index contributed by atoms with van der Waals surface area (Å²) in [4.78, 5) is 25.9.